The summed E-state index contributed by atoms with van der Waals surface area (Å²) in [5.41, 5.74) is 0.134. The lowest BCUT2D eigenvalue weighted by Crippen LogP contribution is -2.26. The van der Waals surface area contributed by atoms with E-state index in [-0.39, 0.29) is 17.3 Å². The fourth-order valence-corrected chi connectivity index (χ4v) is 2.22. The molecular weight excluding hydrogens is 192 g/mol. The molecule has 0 saturated carbocycles. The number of aliphatic hydroxyl groups is 1. The number of benzene rings is 1. The lowest BCUT2D eigenvalue weighted by molar-refractivity contribution is 0.235. The molecule has 0 fully saturated rings. The van der Waals surface area contributed by atoms with Crippen molar-refractivity contribution in [1.82, 2.24) is 0 Å². The van der Waals surface area contributed by atoms with Gasteiger partial charge in [0.15, 0.2) is 0 Å². The Morgan fingerprint density at radius 3 is 2.21 bits per heavy atom. The summed E-state index contributed by atoms with van der Waals surface area (Å²) in [5, 5.41) is 9.56. The van der Waals surface area contributed by atoms with Gasteiger partial charge in [0.25, 0.3) is 0 Å². The van der Waals surface area contributed by atoms with Crippen molar-refractivity contribution in [2.75, 3.05) is 6.61 Å². The van der Waals surface area contributed by atoms with Gasteiger partial charge in [-0.15, -0.1) is 11.8 Å². The van der Waals surface area contributed by atoms with Crippen LogP contribution in [-0.2, 0) is 0 Å². The topological polar surface area (TPSA) is 20.2 Å². The Labute approximate surface area is 90.5 Å². The van der Waals surface area contributed by atoms with Gasteiger partial charge in [0.05, 0.1) is 6.61 Å². The van der Waals surface area contributed by atoms with Crippen molar-refractivity contribution < 1.29 is 5.11 Å². The van der Waals surface area contributed by atoms with Crippen LogP contribution in [0.2, 0.25) is 0 Å². The predicted molar refractivity (Wildman–Crippen MR) is 62.6 cm³/mol. The summed E-state index contributed by atoms with van der Waals surface area (Å²) in [6, 6.07) is 10.2. The Hall–Kier alpha value is -0.470. The van der Waals surface area contributed by atoms with Gasteiger partial charge in [0.1, 0.15) is 0 Å². The molecule has 0 spiro atoms. The smallest absolute Gasteiger partial charge is 0.0558 e. The average Bonchev–Trinajstić information content (AvgIpc) is 2.14. The largest absolute Gasteiger partial charge is 0.395 e. The van der Waals surface area contributed by atoms with E-state index in [0.29, 0.717) is 0 Å². The highest BCUT2D eigenvalue weighted by molar-refractivity contribution is 8.00. The fourth-order valence-electron chi connectivity index (χ4n) is 1.15. The van der Waals surface area contributed by atoms with Crippen LogP contribution in [0.4, 0.5) is 0 Å². The van der Waals surface area contributed by atoms with Gasteiger partial charge in [0.2, 0.25) is 0 Å². The van der Waals surface area contributed by atoms with Gasteiger partial charge in [-0.1, -0.05) is 39.0 Å². The number of hydrogen-bond donors (Lipinski definition) is 1. The summed E-state index contributed by atoms with van der Waals surface area (Å²) in [5.74, 6) is 0. The highest BCUT2D eigenvalue weighted by Crippen LogP contribution is 2.34. The zero-order valence-electron chi connectivity index (χ0n) is 9.03. The van der Waals surface area contributed by atoms with Crippen LogP contribution in [0.5, 0.6) is 0 Å². The van der Waals surface area contributed by atoms with E-state index in [0.717, 1.165) is 0 Å². The maximum absolute atomic E-state index is 9.30. The first-order chi connectivity index (χ1) is 6.54. The van der Waals surface area contributed by atoms with E-state index in [1.165, 1.54) is 4.90 Å². The van der Waals surface area contributed by atoms with Crippen LogP contribution in [0, 0.1) is 5.41 Å². The van der Waals surface area contributed by atoms with Gasteiger partial charge in [-0.05, 0) is 17.5 Å². The Balaban J connectivity index is 2.67. The molecule has 1 unspecified atom stereocenters. The molecule has 0 heterocycles. The van der Waals surface area contributed by atoms with Crippen molar-refractivity contribution in [1.29, 1.82) is 0 Å². The molecule has 0 aliphatic carbocycles. The standard InChI is InChI=1S/C12H18OS/c1-12(2,3)11(9-13)14-10-7-5-4-6-8-10/h4-8,11,13H,9H2,1-3H3. The molecule has 0 aromatic heterocycles. The molecule has 0 radical (unpaired) electrons. The fraction of sp³-hybridized carbons (Fsp3) is 0.500. The van der Waals surface area contributed by atoms with Gasteiger partial charge in [0, 0.05) is 10.1 Å². The lowest BCUT2D eigenvalue weighted by Gasteiger charge is -2.28. The van der Waals surface area contributed by atoms with Crippen molar-refractivity contribution in [2.45, 2.75) is 30.9 Å². The summed E-state index contributed by atoms with van der Waals surface area (Å²) in [6.07, 6.45) is 0. The molecule has 1 atom stereocenters. The third-order valence-electron chi connectivity index (χ3n) is 2.15. The zero-order chi connectivity index (χ0) is 10.6. The number of thioether (sulfide) groups is 1. The van der Waals surface area contributed by atoms with Crippen LogP contribution in [0.15, 0.2) is 35.2 Å². The molecule has 1 N–H and O–H groups in total. The Bertz CT molecular complexity index is 263. The van der Waals surface area contributed by atoms with E-state index in [9.17, 15) is 5.11 Å². The molecule has 0 saturated heterocycles. The van der Waals surface area contributed by atoms with E-state index in [1.807, 2.05) is 18.2 Å². The second-order valence-electron chi connectivity index (χ2n) is 4.47. The lowest BCUT2D eigenvalue weighted by atomic mass is 9.92. The van der Waals surface area contributed by atoms with Crippen LogP contribution >= 0.6 is 11.8 Å². The van der Waals surface area contributed by atoms with E-state index >= 15 is 0 Å². The summed E-state index contributed by atoms with van der Waals surface area (Å²) in [4.78, 5) is 1.22. The molecule has 14 heavy (non-hydrogen) atoms. The van der Waals surface area contributed by atoms with E-state index in [2.05, 4.69) is 32.9 Å². The first-order valence-electron chi connectivity index (χ1n) is 4.86. The van der Waals surface area contributed by atoms with Crippen LogP contribution < -0.4 is 0 Å². The van der Waals surface area contributed by atoms with Gasteiger partial charge in [-0.3, -0.25) is 0 Å². The first-order valence-corrected chi connectivity index (χ1v) is 5.74. The highest BCUT2D eigenvalue weighted by Gasteiger charge is 2.24. The molecule has 1 nitrogen and oxygen atoms in total. The predicted octanol–water partition coefficient (Wildman–Crippen LogP) is 3.19. The van der Waals surface area contributed by atoms with Gasteiger partial charge in [-0.2, -0.15) is 0 Å². The number of aliphatic hydroxyl groups excluding tert-OH is 1. The van der Waals surface area contributed by atoms with E-state index < -0.39 is 0 Å². The molecule has 78 valence electrons. The number of hydrogen-bond acceptors (Lipinski definition) is 2. The van der Waals surface area contributed by atoms with E-state index in [1.54, 1.807) is 11.8 Å². The minimum atomic E-state index is 0.134. The summed E-state index contributed by atoms with van der Waals surface area (Å²) in [6.45, 7) is 6.69. The number of rotatable bonds is 3. The Morgan fingerprint density at radius 2 is 1.79 bits per heavy atom. The van der Waals surface area contributed by atoms with Gasteiger partial charge >= 0.3 is 0 Å². The quantitative estimate of drug-likeness (QED) is 0.773. The van der Waals surface area contributed by atoms with E-state index in [4.69, 9.17) is 0 Å². The Kier molecular flexibility index (Phi) is 4.02. The summed E-state index contributed by atoms with van der Waals surface area (Å²) in [7, 11) is 0. The highest BCUT2D eigenvalue weighted by atomic mass is 32.2. The summed E-state index contributed by atoms with van der Waals surface area (Å²) >= 11 is 1.75. The molecule has 1 aromatic carbocycles. The van der Waals surface area contributed by atoms with Crippen LogP contribution in [-0.4, -0.2) is 17.0 Å². The third kappa shape index (κ3) is 3.35. The first kappa shape index (κ1) is 11.6. The Morgan fingerprint density at radius 1 is 1.21 bits per heavy atom. The average molecular weight is 210 g/mol. The third-order valence-corrected chi connectivity index (χ3v) is 3.84. The van der Waals surface area contributed by atoms with Crippen molar-refractivity contribution in [3.05, 3.63) is 30.3 Å². The molecule has 1 rings (SSSR count). The van der Waals surface area contributed by atoms with Gasteiger partial charge in [-0.25, -0.2) is 0 Å². The van der Waals surface area contributed by atoms with Crippen LogP contribution in [0.25, 0.3) is 0 Å². The molecular formula is C12H18OS. The maximum Gasteiger partial charge on any atom is 0.0558 e. The second kappa shape index (κ2) is 4.85. The second-order valence-corrected chi connectivity index (χ2v) is 5.74. The molecule has 0 bridgehead atoms. The SMILES string of the molecule is CC(C)(C)C(CO)Sc1ccccc1. The normalized spacial score (nSPS) is 14.0. The van der Waals surface area contributed by atoms with Crippen LogP contribution in [0.3, 0.4) is 0 Å². The zero-order valence-corrected chi connectivity index (χ0v) is 9.84. The van der Waals surface area contributed by atoms with Gasteiger partial charge < -0.3 is 5.11 Å². The molecule has 0 aliphatic heterocycles. The van der Waals surface area contributed by atoms with Crippen molar-refractivity contribution in [3.8, 4) is 0 Å². The van der Waals surface area contributed by atoms with Crippen LogP contribution in [0.1, 0.15) is 20.8 Å². The molecule has 1 aromatic rings. The maximum atomic E-state index is 9.30. The minimum Gasteiger partial charge on any atom is -0.395 e. The van der Waals surface area contributed by atoms with Crippen molar-refractivity contribution >= 4 is 11.8 Å². The summed E-state index contributed by atoms with van der Waals surface area (Å²) < 4.78 is 0. The molecule has 0 amide bonds. The van der Waals surface area contributed by atoms with Crippen molar-refractivity contribution in [3.63, 3.8) is 0 Å². The molecule has 0 aliphatic rings. The van der Waals surface area contributed by atoms with Crippen molar-refractivity contribution in [2.24, 2.45) is 5.41 Å². The monoisotopic (exact) mass is 210 g/mol. The minimum absolute atomic E-state index is 0.134. The molecule has 2 heteroatoms.